The molecule has 1 aliphatic heterocycles. The quantitative estimate of drug-likeness (QED) is 0.839. The number of carboxylic acids is 1. The van der Waals surface area contributed by atoms with Crippen molar-refractivity contribution in [3.63, 3.8) is 0 Å². The predicted molar refractivity (Wildman–Crippen MR) is 100 cm³/mol. The number of nitrogens with zero attached hydrogens (tertiary/aromatic N) is 1. The number of aliphatic carboxylic acids is 1. The van der Waals surface area contributed by atoms with E-state index in [9.17, 15) is 9.90 Å². The van der Waals surface area contributed by atoms with E-state index >= 15 is 0 Å². The Hall–Kier alpha value is -1.85. The van der Waals surface area contributed by atoms with Crippen molar-refractivity contribution >= 4 is 17.3 Å². The van der Waals surface area contributed by atoms with Gasteiger partial charge in [-0.2, -0.15) is 0 Å². The SMILES string of the molecule is CCc1ccc(C(c2ccc(OC)cc2)N2CCCC(C(=O)O)C2)s1. The van der Waals surface area contributed by atoms with Gasteiger partial charge in [0.1, 0.15) is 5.75 Å². The van der Waals surface area contributed by atoms with Gasteiger partial charge in [0.15, 0.2) is 0 Å². The monoisotopic (exact) mass is 359 g/mol. The summed E-state index contributed by atoms with van der Waals surface area (Å²) >= 11 is 1.83. The highest BCUT2D eigenvalue weighted by Crippen LogP contribution is 2.36. The summed E-state index contributed by atoms with van der Waals surface area (Å²) in [6.07, 6.45) is 2.72. The number of hydrogen-bond donors (Lipinski definition) is 1. The van der Waals surface area contributed by atoms with Gasteiger partial charge in [-0.3, -0.25) is 9.69 Å². The van der Waals surface area contributed by atoms with Crippen LogP contribution in [0.5, 0.6) is 5.75 Å². The van der Waals surface area contributed by atoms with Crippen LogP contribution in [0.1, 0.15) is 41.1 Å². The van der Waals surface area contributed by atoms with Crippen molar-refractivity contribution in [1.82, 2.24) is 4.90 Å². The van der Waals surface area contributed by atoms with Crippen LogP contribution in [0.4, 0.5) is 0 Å². The second-order valence-electron chi connectivity index (χ2n) is 6.51. The van der Waals surface area contributed by atoms with E-state index in [1.54, 1.807) is 7.11 Å². The first-order valence-electron chi connectivity index (χ1n) is 8.81. The summed E-state index contributed by atoms with van der Waals surface area (Å²) in [6.45, 7) is 3.70. The van der Waals surface area contributed by atoms with E-state index < -0.39 is 5.97 Å². The molecule has 0 amide bonds. The van der Waals surface area contributed by atoms with Crippen LogP contribution in [-0.4, -0.2) is 36.2 Å². The molecule has 1 aliphatic rings. The van der Waals surface area contributed by atoms with Crippen molar-refractivity contribution in [1.29, 1.82) is 0 Å². The maximum absolute atomic E-state index is 11.5. The summed E-state index contributed by atoms with van der Waals surface area (Å²) < 4.78 is 5.28. The number of benzene rings is 1. The molecule has 2 atom stereocenters. The number of thiophene rings is 1. The molecule has 5 heteroatoms. The Morgan fingerprint density at radius 2 is 2.08 bits per heavy atom. The molecule has 0 saturated carbocycles. The number of hydrogen-bond acceptors (Lipinski definition) is 4. The second kappa shape index (κ2) is 8.02. The number of carbonyl (C=O) groups is 1. The molecule has 1 fully saturated rings. The van der Waals surface area contributed by atoms with Gasteiger partial charge >= 0.3 is 5.97 Å². The molecule has 4 nitrogen and oxygen atoms in total. The first kappa shape index (κ1) is 18.0. The van der Waals surface area contributed by atoms with Gasteiger partial charge in [0.25, 0.3) is 0 Å². The van der Waals surface area contributed by atoms with Gasteiger partial charge in [-0.25, -0.2) is 0 Å². The summed E-state index contributed by atoms with van der Waals surface area (Å²) in [4.78, 5) is 16.5. The topological polar surface area (TPSA) is 49.8 Å². The normalized spacial score (nSPS) is 19.5. The van der Waals surface area contributed by atoms with Crippen molar-refractivity contribution in [2.45, 2.75) is 32.2 Å². The van der Waals surface area contributed by atoms with E-state index in [2.05, 4.69) is 36.1 Å². The summed E-state index contributed by atoms with van der Waals surface area (Å²) in [5.74, 6) is -0.122. The lowest BCUT2D eigenvalue weighted by Gasteiger charge is -2.37. The largest absolute Gasteiger partial charge is 0.497 e. The fraction of sp³-hybridized carbons (Fsp3) is 0.450. The minimum atomic E-state index is -0.682. The Morgan fingerprint density at radius 1 is 1.32 bits per heavy atom. The van der Waals surface area contributed by atoms with Gasteiger partial charge < -0.3 is 9.84 Å². The molecule has 2 aromatic rings. The standard InChI is InChI=1S/C20H25NO3S/c1-3-17-10-11-18(25-17)19(14-6-8-16(24-2)9-7-14)21-12-4-5-15(13-21)20(22)23/h6-11,15,19H,3-5,12-13H2,1-2H3,(H,22,23). The molecule has 2 unspecified atom stereocenters. The maximum atomic E-state index is 11.5. The van der Waals surface area contributed by atoms with Crippen LogP contribution in [-0.2, 0) is 11.2 Å². The van der Waals surface area contributed by atoms with Gasteiger partial charge in [-0.05, 0) is 55.6 Å². The fourth-order valence-electron chi connectivity index (χ4n) is 3.52. The minimum absolute atomic E-state index is 0.110. The highest BCUT2D eigenvalue weighted by Gasteiger charge is 2.31. The first-order valence-corrected chi connectivity index (χ1v) is 9.63. The number of aryl methyl sites for hydroxylation is 1. The Bertz CT molecular complexity index is 710. The molecular formula is C20H25NO3S. The Labute approximate surface area is 153 Å². The van der Waals surface area contributed by atoms with E-state index in [0.717, 1.165) is 31.6 Å². The average molecular weight is 359 g/mol. The molecule has 25 heavy (non-hydrogen) atoms. The lowest BCUT2D eigenvalue weighted by atomic mass is 9.94. The van der Waals surface area contributed by atoms with E-state index in [1.807, 2.05) is 23.5 Å². The summed E-state index contributed by atoms with van der Waals surface area (Å²) in [7, 11) is 1.67. The fourth-order valence-corrected chi connectivity index (χ4v) is 4.63. The smallest absolute Gasteiger partial charge is 0.307 e. The third-order valence-corrected chi connectivity index (χ3v) is 6.18. The number of rotatable bonds is 6. The maximum Gasteiger partial charge on any atom is 0.307 e. The zero-order chi connectivity index (χ0) is 17.8. The number of likely N-dealkylation sites (tertiary alicyclic amines) is 1. The molecule has 2 heterocycles. The van der Waals surface area contributed by atoms with E-state index in [-0.39, 0.29) is 12.0 Å². The number of carboxylic acid groups (broad SMARTS) is 1. The van der Waals surface area contributed by atoms with Gasteiger partial charge in [-0.1, -0.05) is 19.1 Å². The van der Waals surface area contributed by atoms with Gasteiger partial charge in [0.05, 0.1) is 19.1 Å². The van der Waals surface area contributed by atoms with E-state index in [1.165, 1.54) is 15.3 Å². The van der Waals surface area contributed by atoms with Crippen LogP contribution in [0, 0.1) is 5.92 Å². The summed E-state index contributed by atoms with van der Waals surface area (Å²) in [5, 5.41) is 9.45. The summed E-state index contributed by atoms with van der Waals surface area (Å²) in [6, 6.07) is 12.7. The van der Waals surface area contributed by atoms with Crippen LogP contribution in [0.25, 0.3) is 0 Å². The lowest BCUT2D eigenvalue weighted by molar-refractivity contribution is -0.143. The third-order valence-electron chi connectivity index (χ3n) is 4.90. The number of methoxy groups -OCH3 is 1. The molecule has 1 aromatic carbocycles. The van der Waals surface area contributed by atoms with Crippen molar-refractivity contribution in [3.05, 3.63) is 51.7 Å². The molecule has 134 valence electrons. The lowest BCUT2D eigenvalue weighted by Crippen LogP contribution is -2.41. The Kier molecular flexibility index (Phi) is 5.76. The predicted octanol–water partition coefficient (Wildman–Crippen LogP) is 4.21. The van der Waals surface area contributed by atoms with Crippen LogP contribution in [0.2, 0.25) is 0 Å². The van der Waals surface area contributed by atoms with Gasteiger partial charge in [0.2, 0.25) is 0 Å². The molecule has 1 N–H and O–H groups in total. The number of piperidine rings is 1. The third kappa shape index (κ3) is 4.05. The molecule has 0 radical (unpaired) electrons. The van der Waals surface area contributed by atoms with Crippen LogP contribution >= 0.6 is 11.3 Å². The second-order valence-corrected chi connectivity index (χ2v) is 7.71. The highest BCUT2D eigenvalue weighted by atomic mass is 32.1. The minimum Gasteiger partial charge on any atom is -0.497 e. The highest BCUT2D eigenvalue weighted by molar-refractivity contribution is 7.12. The molecule has 1 aromatic heterocycles. The first-order chi connectivity index (χ1) is 12.1. The molecular weight excluding hydrogens is 334 g/mol. The van der Waals surface area contributed by atoms with E-state index in [4.69, 9.17) is 4.74 Å². The van der Waals surface area contributed by atoms with Gasteiger partial charge in [0, 0.05) is 16.3 Å². The number of ether oxygens (including phenoxy) is 1. The van der Waals surface area contributed by atoms with Crippen LogP contribution < -0.4 is 4.74 Å². The zero-order valence-electron chi connectivity index (χ0n) is 14.8. The van der Waals surface area contributed by atoms with Crippen LogP contribution in [0.3, 0.4) is 0 Å². The van der Waals surface area contributed by atoms with Gasteiger partial charge in [-0.15, -0.1) is 11.3 Å². The van der Waals surface area contributed by atoms with Crippen molar-refractivity contribution < 1.29 is 14.6 Å². The molecule has 3 rings (SSSR count). The van der Waals surface area contributed by atoms with Crippen LogP contribution in [0.15, 0.2) is 36.4 Å². The summed E-state index contributed by atoms with van der Waals surface area (Å²) in [5.41, 5.74) is 1.19. The van der Waals surface area contributed by atoms with Crippen molar-refractivity contribution in [2.75, 3.05) is 20.2 Å². The Balaban J connectivity index is 1.94. The zero-order valence-corrected chi connectivity index (χ0v) is 15.6. The molecule has 1 saturated heterocycles. The molecule has 0 bridgehead atoms. The van der Waals surface area contributed by atoms with E-state index in [0.29, 0.717) is 6.54 Å². The molecule has 0 spiro atoms. The Morgan fingerprint density at radius 3 is 2.68 bits per heavy atom. The van der Waals surface area contributed by atoms with Crippen molar-refractivity contribution in [3.8, 4) is 5.75 Å². The molecule has 0 aliphatic carbocycles. The van der Waals surface area contributed by atoms with Crippen molar-refractivity contribution in [2.24, 2.45) is 5.92 Å². The average Bonchev–Trinajstić information content (AvgIpc) is 3.11.